The van der Waals surface area contributed by atoms with Gasteiger partial charge >= 0.3 is 0 Å². The number of halogens is 1. The third-order valence-corrected chi connectivity index (χ3v) is 5.08. The molecule has 0 amide bonds. The zero-order chi connectivity index (χ0) is 12.4. The Morgan fingerprint density at radius 1 is 1.28 bits per heavy atom. The molecule has 2 aromatic rings. The molecule has 0 atom stereocenters. The van der Waals surface area contributed by atoms with Crippen LogP contribution in [0.3, 0.4) is 0 Å². The van der Waals surface area contributed by atoms with E-state index in [-0.39, 0.29) is 0 Å². The fraction of sp³-hybridized carbons (Fsp3) is 0.467. The summed E-state index contributed by atoms with van der Waals surface area (Å²) in [5.74, 6) is 0.735. The van der Waals surface area contributed by atoms with Gasteiger partial charge in [0.25, 0.3) is 0 Å². The minimum Gasteiger partial charge on any atom is -0.295 e. The van der Waals surface area contributed by atoms with E-state index in [2.05, 4.69) is 34.5 Å². The Morgan fingerprint density at radius 2 is 2.11 bits per heavy atom. The second kappa shape index (κ2) is 5.60. The van der Waals surface area contributed by atoms with Gasteiger partial charge in [-0.25, -0.2) is 0 Å². The van der Waals surface area contributed by atoms with Gasteiger partial charge in [0.05, 0.1) is 0 Å². The van der Waals surface area contributed by atoms with E-state index >= 15 is 0 Å². The molecule has 3 rings (SSSR count). The largest absolute Gasteiger partial charge is 0.295 e. The molecule has 1 aliphatic carbocycles. The van der Waals surface area contributed by atoms with Gasteiger partial charge in [0.1, 0.15) is 0 Å². The molecule has 1 heterocycles. The maximum atomic E-state index is 5.94. The topological polar surface area (TPSA) is 3.24 Å². The van der Waals surface area contributed by atoms with Crippen LogP contribution in [0.4, 0.5) is 0 Å². The van der Waals surface area contributed by atoms with E-state index < -0.39 is 0 Å². The van der Waals surface area contributed by atoms with Crippen LogP contribution in [-0.2, 0) is 6.54 Å². The predicted molar refractivity (Wildman–Crippen MR) is 80.6 cm³/mol. The molecule has 0 saturated heterocycles. The van der Waals surface area contributed by atoms with Gasteiger partial charge in [-0.05, 0) is 35.2 Å². The van der Waals surface area contributed by atoms with Gasteiger partial charge in [0.15, 0.2) is 0 Å². The fourth-order valence-corrected chi connectivity index (χ4v) is 3.80. The fourth-order valence-electron chi connectivity index (χ4n) is 2.63. The number of rotatable bonds is 5. The number of thiophene rings is 1. The number of nitrogens with zero attached hydrogens (tertiary/aromatic N) is 1. The smallest absolute Gasteiger partial charge is 0.0351 e. The van der Waals surface area contributed by atoms with E-state index in [0.717, 1.165) is 25.0 Å². The SMILES string of the molecule is ClCCN(Cc1csc2ccccc12)C1CCC1. The maximum absolute atomic E-state index is 5.94. The van der Waals surface area contributed by atoms with E-state index in [4.69, 9.17) is 11.6 Å². The van der Waals surface area contributed by atoms with Gasteiger partial charge in [-0.1, -0.05) is 24.6 Å². The van der Waals surface area contributed by atoms with Crippen LogP contribution in [0.15, 0.2) is 29.6 Å². The summed E-state index contributed by atoms with van der Waals surface area (Å²) >= 11 is 7.79. The zero-order valence-corrected chi connectivity index (χ0v) is 12.0. The van der Waals surface area contributed by atoms with Crippen molar-refractivity contribution in [2.75, 3.05) is 12.4 Å². The number of hydrogen-bond donors (Lipinski definition) is 0. The lowest BCUT2D eigenvalue weighted by atomic mass is 9.91. The monoisotopic (exact) mass is 279 g/mol. The molecule has 1 aliphatic rings. The van der Waals surface area contributed by atoms with Crippen molar-refractivity contribution >= 4 is 33.0 Å². The van der Waals surface area contributed by atoms with E-state index in [1.54, 1.807) is 0 Å². The molecule has 0 unspecified atom stereocenters. The summed E-state index contributed by atoms with van der Waals surface area (Å²) in [7, 11) is 0. The molecule has 0 bridgehead atoms. The van der Waals surface area contributed by atoms with Crippen LogP contribution in [0.25, 0.3) is 10.1 Å². The highest BCUT2D eigenvalue weighted by Crippen LogP contribution is 2.30. The molecule has 0 N–H and O–H groups in total. The summed E-state index contributed by atoms with van der Waals surface area (Å²) in [6, 6.07) is 9.46. The van der Waals surface area contributed by atoms with Crippen molar-refractivity contribution in [3.05, 3.63) is 35.2 Å². The molecule has 1 saturated carbocycles. The van der Waals surface area contributed by atoms with Crippen LogP contribution in [-0.4, -0.2) is 23.4 Å². The highest BCUT2D eigenvalue weighted by molar-refractivity contribution is 7.17. The first-order chi connectivity index (χ1) is 8.88. The second-order valence-corrected chi connectivity index (χ2v) is 6.29. The highest BCUT2D eigenvalue weighted by Gasteiger charge is 2.24. The molecule has 1 aromatic carbocycles. The molecule has 18 heavy (non-hydrogen) atoms. The molecule has 0 aliphatic heterocycles. The van der Waals surface area contributed by atoms with Crippen molar-refractivity contribution in [3.63, 3.8) is 0 Å². The van der Waals surface area contributed by atoms with Gasteiger partial charge in [-0.15, -0.1) is 22.9 Å². The normalized spacial score (nSPS) is 16.3. The summed E-state index contributed by atoms with van der Waals surface area (Å²) < 4.78 is 1.40. The Kier molecular flexibility index (Phi) is 3.88. The van der Waals surface area contributed by atoms with Crippen LogP contribution in [0.2, 0.25) is 0 Å². The minimum atomic E-state index is 0.735. The molecule has 0 radical (unpaired) electrons. The van der Waals surface area contributed by atoms with Crippen molar-refractivity contribution in [1.82, 2.24) is 4.90 Å². The Hall–Kier alpha value is -0.570. The Balaban J connectivity index is 1.80. The van der Waals surface area contributed by atoms with Crippen molar-refractivity contribution in [2.45, 2.75) is 31.8 Å². The summed E-state index contributed by atoms with van der Waals surface area (Å²) in [5.41, 5.74) is 1.47. The van der Waals surface area contributed by atoms with Gasteiger partial charge in [0, 0.05) is 29.7 Å². The molecule has 3 heteroatoms. The Labute approximate surface area is 117 Å². The first kappa shape index (κ1) is 12.5. The van der Waals surface area contributed by atoms with Crippen LogP contribution in [0, 0.1) is 0 Å². The standard InChI is InChI=1S/C15H18ClNS/c16-8-9-17(13-4-3-5-13)10-12-11-18-15-7-2-1-6-14(12)15/h1-2,6-7,11,13H,3-5,8-10H2. The third kappa shape index (κ3) is 2.42. The zero-order valence-electron chi connectivity index (χ0n) is 10.4. The number of alkyl halides is 1. The second-order valence-electron chi connectivity index (χ2n) is 5.00. The summed E-state index contributed by atoms with van der Waals surface area (Å²) in [6.07, 6.45) is 4.08. The predicted octanol–water partition coefficient (Wildman–Crippen LogP) is 4.49. The van der Waals surface area contributed by atoms with Crippen LogP contribution in [0.5, 0.6) is 0 Å². The molecule has 1 nitrogen and oxygen atoms in total. The lowest BCUT2D eigenvalue weighted by Gasteiger charge is -2.37. The van der Waals surface area contributed by atoms with E-state index in [9.17, 15) is 0 Å². The minimum absolute atomic E-state index is 0.735. The average molecular weight is 280 g/mol. The lowest BCUT2D eigenvalue weighted by molar-refractivity contribution is 0.128. The van der Waals surface area contributed by atoms with Gasteiger partial charge in [-0.3, -0.25) is 4.90 Å². The molecule has 1 fully saturated rings. The first-order valence-corrected chi connectivity index (χ1v) is 8.05. The van der Waals surface area contributed by atoms with E-state index in [1.807, 2.05) is 11.3 Å². The molecular formula is C15H18ClNS. The first-order valence-electron chi connectivity index (χ1n) is 6.63. The van der Waals surface area contributed by atoms with Crippen molar-refractivity contribution in [1.29, 1.82) is 0 Å². The highest BCUT2D eigenvalue weighted by atomic mass is 35.5. The summed E-state index contributed by atoms with van der Waals surface area (Å²) in [4.78, 5) is 2.56. The van der Waals surface area contributed by atoms with Crippen molar-refractivity contribution in [3.8, 4) is 0 Å². The molecular weight excluding hydrogens is 262 g/mol. The van der Waals surface area contributed by atoms with E-state index in [1.165, 1.54) is 34.9 Å². The quantitative estimate of drug-likeness (QED) is 0.729. The molecule has 96 valence electrons. The van der Waals surface area contributed by atoms with Crippen molar-refractivity contribution < 1.29 is 0 Å². The van der Waals surface area contributed by atoms with Gasteiger partial charge in [0.2, 0.25) is 0 Å². The number of fused-ring (bicyclic) bond motifs is 1. The van der Waals surface area contributed by atoms with Gasteiger partial charge < -0.3 is 0 Å². The summed E-state index contributed by atoms with van der Waals surface area (Å²) in [6.45, 7) is 2.07. The van der Waals surface area contributed by atoms with E-state index in [0.29, 0.717) is 0 Å². The van der Waals surface area contributed by atoms with Gasteiger partial charge in [-0.2, -0.15) is 0 Å². The Bertz CT molecular complexity index is 518. The summed E-state index contributed by atoms with van der Waals surface area (Å²) in [5, 5.41) is 3.73. The van der Waals surface area contributed by atoms with Crippen LogP contribution in [0.1, 0.15) is 24.8 Å². The van der Waals surface area contributed by atoms with Crippen LogP contribution >= 0.6 is 22.9 Å². The third-order valence-electron chi connectivity index (χ3n) is 3.90. The van der Waals surface area contributed by atoms with Crippen molar-refractivity contribution in [2.24, 2.45) is 0 Å². The average Bonchev–Trinajstić information content (AvgIpc) is 2.71. The molecule has 1 aromatic heterocycles. The van der Waals surface area contributed by atoms with Crippen LogP contribution < -0.4 is 0 Å². The number of hydrogen-bond acceptors (Lipinski definition) is 2. The number of benzene rings is 1. The Morgan fingerprint density at radius 3 is 2.83 bits per heavy atom. The lowest BCUT2D eigenvalue weighted by Crippen LogP contribution is -2.40. The maximum Gasteiger partial charge on any atom is 0.0351 e. The molecule has 0 spiro atoms.